The molecule has 0 bridgehead atoms. The highest BCUT2D eigenvalue weighted by molar-refractivity contribution is 9.10. The number of Topliss-reactive ketones (excluding diaryl/α,β-unsaturated/α-hetero) is 2. The number of rotatable bonds is 5. The molecule has 0 spiro atoms. The van der Waals surface area contributed by atoms with Gasteiger partial charge in [0.05, 0.1) is 12.1 Å². The van der Waals surface area contributed by atoms with Crippen LogP contribution in [-0.2, 0) is 4.79 Å². The van der Waals surface area contributed by atoms with E-state index in [9.17, 15) is 14.4 Å². The number of carbonyl (C=O) groups excluding carboxylic acids is 3. The molecule has 0 saturated carbocycles. The minimum absolute atomic E-state index is 0.250. The highest BCUT2D eigenvalue weighted by atomic mass is 79.9. The van der Waals surface area contributed by atoms with Crippen molar-refractivity contribution in [2.45, 2.75) is 0 Å². The Morgan fingerprint density at radius 3 is 2.44 bits per heavy atom. The lowest BCUT2D eigenvalue weighted by atomic mass is 10.1. The Kier molecular flexibility index (Phi) is 4.37. The Balaban J connectivity index is 1.48. The second kappa shape index (κ2) is 6.85. The number of amides is 1. The third-order valence-corrected chi connectivity index (χ3v) is 4.89. The van der Waals surface area contributed by atoms with Crippen LogP contribution in [0.4, 0.5) is 0 Å². The van der Waals surface area contributed by atoms with Crippen LogP contribution < -0.4 is 5.32 Å². The lowest BCUT2D eigenvalue weighted by Crippen LogP contribution is -2.35. The third-order valence-electron chi connectivity index (χ3n) is 4.39. The van der Waals surface area contributed by atoms with Gasteiger partial charge in [-0.05, 0) is 18.2 Å². The zero-order chi connectivity index (χ0) is 19.0. The van der Waals surface area contributed by atoms with Crippen LogP contribution in [0.15, 0.2) is 59.3 Å². The summed E-state index contributed by atoms with van der Waals surface area (Å²) < 4.78 is 0.865. The molecule has 2 aromatic heterocycles. The van der Waals surface area contributed by atoms with E-state index in [1.807, 2.05) is 30.3 Å². The number of ketones is 2. The largest absolute Gasteiger partial charge is 0.360 e. The van der Waals surface area contributed by atoms with Crippen LogP contribution in [0.2, 0.25) is 0 Å². The first kappa shape index (κ1) is 17.2. The number of aromatic amines is 2. The molecule has 0 radical (unpaired) electrons. The van der Waals surface area contributed by atoms with Gasteiger partial charge in [0.15, 0.2) is 5.78 Å². The van der Waals surface area contributed by atoms with E-state index < -0.39 is 11.7 Å². The average molecular weight is 424 g/mol. The Morgan fingerprint density at radius 1 is 0.889 bits per heavy atom. The van der Waals surface area contributed by atoms with Gasteiger partial charge >= 0.3 is 0 Å². The molecule has 4 aromatic rings. The predicted molar refractivity (Wildman–Crippen MR) is 106 cm³/mol. The van der Waals surface area contributed by atoms with Crippen LogP contribution >= 0.6 is 15.9 Å². The maximum absolute atomic E-state index is 12.5. The van der Waals surface area contributed by atoms with Gasteiger partial charge in [-0.3, -0.25) is 14.4 Å². The Hall–Kier alpha value is -3.19. The fourth-order valence-corrected chi connectivity index (χ4v) is 3.41. The molecule has 2 heterocycles. The van der Waals surface area contributed by atoms with E-state index in [4.69, 9.17) is 0 Å². The summed E-state index contributed by atoms with van der Waals surface area (Å²) in [7, 11) is 0. The van der Waals surface area contributed by atoms with Crippen molar-refractivity contribution in [2.24, 2.45) is 0 Å². The number of fused-ring (bicyclic) bond motifs is 2. The number of carbonyl (C=O) groups is 3. The molecular weight excluding hydrogens is 410 g/mol. The summed E-state index contributed by atoms with van der Waals surface area (Å²) >= 11 is 3.36. The zero-order valence-corrected chi connectivity index (χ0v) is 15.6. The van der Waals surface area contributed by atoms with Crippen LogP contribution in [-0.4, -0.2) is 34.0 Å². The van der Waals surface area contributed by atoms with Gasteiger partial charge in [-0.2, -0.15) is 0 Å². The Morgan fingerprint density at radius 2 is 1.59 bits per heavy atom. The van der Waals surface area contributed by atoms with Gasteiger partial charge < -0.3 is 15.3 Å². The molecule has 6 nitrogen and oxygen atoms in total. The van der Waals surface area contributed by atoms with Crippen LogP contribution in [0.5, 0.6) is 0 Å². The summed E-state index contributed by atoms with van der Waals surface area (Å²) in [6.45, 7) is -0.250. The molecule has 1 amide bonds. The first-order valence-corrected chi connectivity index (χ1v) is 9.02. The normalized spacial score (nSPS) is 11.0. The second-order valence-electron chi connectivity index (χ2n) is 6.08. The van der Waals surface area contributed by atoms with Crippen molar-refractivity contribution in [3.05, 3.63) is 70.5 Å². The standard InChI is InChI=1S/C20H14BrN3O3/c21-11-5-6-13-15(9-23-17(13)7-11)19(26)20(27)24-10-18(25)14-8-22-16-4-2-1-3-12(14)16/h1-9,22-23H,10H2,(H,24,27). The number of halogens is 1. The van der Waals surface area contributed by atoms with Crippen LogP contribution in [0.25, 0.3) is 21.8 Å². The van der Waals surface area contributed by atoms with Crippen LogP contribution in [0.1, 0.15) is 20.7 Å². The molecule has 0 aliphatic rings. The topological polar surface area (TPSA) is 94.8 Å². The first-order chi connectivity index (χ1) is 13.0. The molecular formula is C20H14BrN3O3. The van der Waals surface area contributed by atoms with E-state index in [0.717, 1.165) is 20.9 Å². The van der Waals surface area contributed by atoms with Crippen molar-refractivity contribution in [1.29, 1.82) is 0 Å². The molecule has 0 unspecified atom stereocenters. The van der Waals surface area contributed by atoms with Crippen LogP contribution in [0.3, 0.4) is 0 Å². The van der Waals surface area contributed by atoms with Gasteiger partial charge in [-0.15, -0.1) is 0 Å². The highest BCUT2D eigenvalue weighted by Crippen LogP contribution is 2.23. The SMILES string of the molecule is O=C(NCC(=O)c1c[nH]c2ccccc12)C(=O)c1c[nH]c2cc(Br)ccc12. The Labute approximate surface area is 162 Å². The van der Waals surface area contributed by atoms with Gasteiger partial charge in [0.25, 0.3) is 11.7 Å². The minimum atomic E-state index is -0.813. The Bertz CT molecular complexity index is 1210. The van der Waals surface area contributed by atoms with E-state index >= 15 is 0 Å². The summed E-state index contributed by atoms with van der Waals surface area (Å²) in [5, 5.41) is 3.86. The molecule has 134 valence electrons. The van der Waals surface area contributed by atoms with Crippen molar-refractivity contribution >= 4 is 55.2 Å². The number of hydrogen-bond donors (Lipinski definition) is 3. The zero-order valence-electron chi connectivity index (χ0n) is 14.0. The number of H-pyrrole nitrogens is 2. The summed E-state index contributed by atoms with van der Waals surface area (Å²) in [4.78, 5) is 43.1. The van der Waals surface area contributed by atoms with E-state index in [1.54, 1.807) is 18.3 Å². The summed E-state index contributed by atoms with van der Waals surface area (Å²) in [6, 6.07) is 12.8. The number of hydrogen-bond acceptors (Lipinski definition) is 3. The first-order valence-electron chi connectivity index (χ1n) is 8.23. The van der Waals surface area contributed by atoms with Crippen molar-refractivity contribution in [3.8, 4) is 0 Å². The maximum Gasteiger partial charge on any atom is 0.292 e. The van der Waals surface area contributed by atoms with Gasteiger partial charge in [0, 0.05) is 44.2 Å². The van der Waals surface area contributed by atoms with Gasteiger partial charge in [0.1, 0.15) is 0 Å². The number of benzene rings is 2. The third kappa shape index (κ3) is 3.17. The number of para-hydroxylation sites is 1. The highest BCUT2D eigenvalue weighted by Gasteiger charge is 2.21. The molecule has 0 saturated heterocycles. The fourth-order valence-electron chi connectivity index (χ4n) is 3.05. The molecule has 0 aliphatic carbocycles. The number of aromatic nitrogens is 2. The van der Waals surface area contributed by atoms with E-state index in [0.29, 0.717) is 10.9 Å². The quantitative estimate of drug-likeness (QED) is 0.338. The molecule has 27 heavy (non-hydrogen) atoms. The average Bonchev–Trinajstić information content (AvgIpc) is 3.29. The predicted octanol–water partition coefficient (Wildman–Crippen LogP) is 3.59. The van der Waals surface area contributed by atoms with E-state index in [1.165, 1.54) is 6.20 Å². The summed E-state index contributed by atoms with van der Waals surface area (Å²) in [5.41, 5.74) is 2.34. The maximum atomic E-state index is 12.5. The molecule has 0 atom stereocenters. The lowest BCUT2D eigenvalue weighted by Gasteiger charge is -2.03. The monoisotopic (exact) mass is 423 g/mol. The van der Waals surface area contributed by atoms with Gasteiger partial charge in [-0.1, -0.05) is 40.2 Å². The molecule has 2 aromatic carbocycles. The smallest absolute Gasteiger partial charge is 0.292 e. The molecule has 4 rings (SSSR count). The lowest BCUT2D eigenvalue weighted by molar-refractivity contribution is -0.116. The van der Waals surface area contributed by atoms with Gasteiger partial charge in [0.2, 0.25) is 0 Å². The van der Waals surface area contributed by atoms with Gasteiger partial charge in [-0.25, -0.2) is 0 Å². The molecule has 7 heteroatoms. The summed E-state index contributed by atoms with van der Waals surface area (Å²) in [6.07, 6.45) is 3.11. The van der Waals surface area contributed by atoms with E-state index in [2.05, 4.69) is 31.2 Å². The molecule has 0 aliphatic heterocycles. The minimum Gasteiger partial charge on any atom is -0.360 e. The summed E-state index contributed by atoms with van der Waals surface area (Å²) in [5.74, 6) is -1.77. The van der Waals surface area contributed by atoms with Crippen LogP contribution in [0, 0.1) is 0 Å². The van der Waals surface area contributed by atoms with Crippen molar-refractivity contribution in [1.82, 2.24) is 15.3 Å². The second-order valence-corrected chi connectivity index (χ2v) is 6.99. The fraction of sp³-hybridized carbons (Fsp3) is 0.0500. The van der Waals surface area contributed by atoms with Crippen molar-refractivity contribution in [2.75, 3.05) is 6.54 Å². The molecule has 3 N–H and O–H groups in total. The molecule has 0 fully saturated rings. The van der Waals surface area contributed by atoms with Crippen molar-refractivity contribution < 1.29 is 14.4 Å². The number of nitrogens with one attached hydrogen (secondary N) is 3. The van der Waals surface area contributed by atoms with Crippen molar-refractivity contribution in [3.63, 3.8) is 0 Å². The van der Waals surface area contributed by atoms with E-state index in [-0.39, 0.29) is 17.9 Å².